The fourth-order valence-corrected chi connectivity index (χ4v) is 6.79. The Balaban J connectivity index is 1.32. The van der Waals surface area contributed by atoms with Crippen LogP contribution in [0, 0.1) is 6.57 Å². The van der Waals surface area contributed by atoms with E-state index in [1.54, 1.807) is 4.90 Å². The second-order valence-corrected chi connectivity index (χ2v) is 11.3. The van der Waals surface area contributed by atoms with Gasteiger partial charge in [0.15, 0.2) is 0 Å². The number of hydrogen-bond acceptors (Lipinski definition) is 7. The highest BCUT2D eigenvalue weighted by Crippen LogP contribution is 2.35. The fourth-order valence-electron chi connectivity index (χ4n) is 6.79. The zero-order valence-corrected chi connectivity index (χ0v) is 24.4. The molecule has 0 saturated carbocycles. The number of amides is 1. The zero-order valence-electron chi connectivity index (χ0n) is 24.4. The molecule has 4 heterocycles. The maximum absolute atomic E-state index is 12.5. The molecule has 1 amide bonds. The lowest BCUT2D eigenvalue weighted by Gasteiger charge is -2.41. The molecule has 6 rings (SSSR count). The first kappa shape index (κ1) is 28.0. The molecule has 9 heteroatoms. The van der Waals surface area contributed by atoms with Crippen LogP contribution in [0.25, 0.3) is 15.6 Å². The number of ether oxygens (including phenoxy) is 1. The highest BCUT2D eigenvalue weighted by atomic mass is 16.5. The molecule has 3 aromatic rings. The van der Waals surface area contributed by atoms with E-state index in [2.05, 4.69) is 75.5 Å². The minimum Gasteiger partial charge on any atom is -0.462 e. The lowest BCUT2D eigenvalue weighted by Crippen LogP contribution is -2.56. The molecule has 218 valence electrons. The summed E-state index contributed by atoms with van der Waals surface area (Å²) in [6.45, 7) is 19.5. The number of benzene rings is 2. The number of likely N-dealkylation sites (N-methyl/N-ethyl adjacent to an activating group) is 1. The van der Waals surface area contributed by atoms with Crippen molar-refractivity contribution in [2.45, 2.75) is 44.8 Å². The highest BCUT2D eigenvalue weighted by Gasteiger charge is 2.35. The summed E-state index contributed by atoms with van der Waals surface area (Å²) in [6, 6.07) is 15.5. The molecule has 0 aliphatic carbocycles. The summed E-state index contributed by atoms with van der Waals surface area (Å²) in [6.07, 6.45) is 4.46. The topological polar surface area (TPSA) is 69.4 Å². The number of fused-ring (bicyclic) bond motifs is 2. The third-order valence-corrected chi connectivity index (χ3v) is 8.98. The van der Waals surface area contributed by atoms with Crippen LogP contribution in [-0.2, 0) is 17.8 Å². The van der Waals surface area contributed by atoms with Crippen LogP contribution in [0.5, 0.6) is 6.01 Å². The molecule has 1 aromatic heterocycles. The number of likely N-dealkylation sites (tertiary alicyclic amines) is 1. The summed E-state index contributed by atoms with van der Waals surface area (Å²) in [5, 5.41) is 2.46. The maximum atomic E-state index is 12.5. The monoisotopic (exact) mass is 565 g/mol. The number of piperazine rings is 1. The number of aromatic nitrogens is 2. The van der Waals surface area contributed by atoms with E-state index in [0.29, 0.717) is 44.8 Å². The second kappa shape index (κ2) is 12.4. The number of nitrogens with zero attached hydrogens (tertiary/aromatic N) is 7. The first-order valence-electron chi connectivity index (χ1n) is 15.1. The molecule has 0 radical (unpaired) electrons. The van der Waals surface area contributed by atoms with Gasteiger partial charge in [-0.15, -0.1) is 0 Å². The Hall–Kier alpha value is -4.16. The Morgan fingerprint density at radius 3 is 2.79 bits per heavy atom. The van der Waals surface area contributed by atoms with E-state index in [9.17, 15) is 4.79 Å². The fraction of sp³-hybridized carbons (Fsp3) is 0.455. The van der Waals surface area contributed by atoms with Crippen molar-refractivity contribution in [3.05, 3.63) is 77.8 Å². The molecule has 2 fully saturated rings. The molecular weight excluding hydrogens is 526 g/mol. The molecule has 3 aliphatic heterocycles. The van der Waals surface area contributed by atoms with E-state index < -0.39 is 0 Å². The summed E-state index contributed by atoms with van der Waals surface area (Å²) in [7, 11) is 0. The highest BCUT2D eigenvalue weighted by molar-refractivity contribution is 5.94. The van der Waals surface area contributed by atoms with Crippen LogP contribution in [0.15, 0.2) is 55.1 Å². The Morgan fingerprint density at radius 2 is 1.95 bits per heavy atom. The quantitative estimate of drug-likeness (QED) is 0.300. The summed E-state index contributed by atoms with van der Waals surface area (Å²) >= 11 is 0. The summed E-state index contributed by atoms with van der Waals surface area (Å²) in [4.78, 5) is 35.1. The van der Waals surface area contributed by atoms with Gasteiger partial charge in [0.05, 0.1) is 12.2 Å². The molecule has 2 atom stereocenters. The van der Waals surface area contributed by atoms with Crippen molar-refractivity contribution in [2.24, 2.45) is 0 Å². The van der Waals surface area contributed by atoms with Crippen molar-refractivity contribution in [1.82, 2.24) is 19.8 Å². The third kappa shape index (κ3) is 5.51. The molecule has 3 aliphatic rings. The minimum atomic E-state index is -0.218. The van der Waals surface area contributed by atoms with E-state index in [4.69, 9.17) is 21.3 Å². The summed E-state index contributed by atoms with van der Waals surface area (Å²) in [5.74, 6) is 0.756. The number of hydrogen-bond donors (Lipinski definition) is 0. The van der Waals surface area contributed by atoms with Crippen LogP contribution in [0.2, 0.25) is 0 Å². The van der Waals surface area contributed by atoms with E-state index in [0.717, 1.165) is 49.6 Å². The number of rotatable bonds is 8. The lowest BCUT2D eigenvalue weighted by atomic mass is 10.0. The van der Waals surface area contributed by atoms with Crippen molar-refractivity contribution >= 4 is 28.2 Å². The van der Waals surface area contributed by atoms with Gasteiger partial charge in [-0.1, -0.05) is 49.9 Å². The molecule has 0 unspecified atom stereocenters. The van der Waals surface area contributed by atoms with Crippen molar-refractivity contribution in [1.29, 1.82) is 0 Å². The Bertz CT molecular complexity index is 1500. The molecule has 42 heavy (non-hydrogen) atoms. The van der Waals surface area contributed by atoms with Gasteiger partial charge in [0.25, 0.3) is 0 Å². The lowest BCUT2D eigenvalue weighted by molar-refractivity contribution is -0.128. The molecule has 0 spiro atoms. The predicted molar refractivity (Wildman–Crippen MR) is 166 cm³/mol. The molecule has 0 N–H and O–H groups in total. The summed E-state index contributed by atoms with van der Waals surface area (Å²) < 4.78 is 6.35. The minimum absolute atomic E-state index is 0.125. The standard InChI is InChI=1S/C33H39N7O2/c1-4-31(41)40-19-18-39(21-26(40)20-34-3)32-28-15-17-38(30-14-8-11-24-10-6-7-13-27(24)30)22-29(28)35-33(36-32)42-23-25-12-9-16-37(25)5-2/h4,6-8,10-11,13-14,25-26H,1,5,9,12,15-23H2,2H3/t25-,26-/m0/s1. The van der Waals surface area contributed by atoms with Crippen molar-refractivity contribution in [3.8, 4) is 6.01 Å². The average Bonchev–Trinajstić information content (AvgIpc) is 3.50. The largest absolute Gasteiger partial charge is 0.462 e. The van der Waals surface area contributed by atoms with Crippen LogP contribution < -0.4 is 14.5 Å². The first-order valence-corrected chi connectivity index (χ1v) is 15.1. The second-order valence-electron chi connectivity index (χ2n) is 11.3. The van der Waals surface area contributed by atoms with Gasteiger partial charge >= 0.3 is 6.01 Å². The smallest absolute Gasteiger partial charge is 0.318 e. The van der Waals surface area contributed by atoms with Gasteiger partial charge in [-0.2, -0.15) is 9.97 Å². The number of anilines is 2. The van der Waals surface area contributed by atoms with Crippen molar-refractivity contribution < 1.29 is 9.53 Å². The Kier molecular flexibility index (Phi) is 8.24. The Morgan fingerprint density at radius 1 is 1.10 bits per heavy atom. The predicted octanol–water partition coefficient (Wildman–Crippen LogP) is 4.18. The van der Waals surface area contributed by atoms with Crippen LogP contribution in [0.4, 0.5) is 11.5 Å². The van der Waals surface area contributed by atoms with Gasteiger partial charge in [0, 0.05) is 48.9 Å². The molecule has 2 aromatic carbocycles. The number of carbonyl (C=O) groups excluding carboxylic acids is 1. The Labute approximate surface area is 248 Å². The van der Waals surface area contributed by atoms with Gasteiger partial charge in [-0.25, -0.2) is 6.57 Å². The van der Waals surface area contributed by atoms with Gasteiger partial charge in [0.1, 0.15) is 18.5 Å². The SMILES string of the molecule is [C-]#[N+]C[C@H]1CN(c2nc(OC[C@@H]3CCCN3CC)nc3c2CCN(c2cccc4ccccc24)C3)CCN1C(=O)C=C. The maximum Gasteiger partial charge on any atom is 0.318 e. The molecule has 0 bridgehead atoms. The van der Waals surface area contributed by atoms with E-state index in [-0.39, 0.29) is 18.5 Å². The van der Waals surface area contributed by atoms with Crippen molar-refractivity contribution in [2.75, 3.05) is 62.2 Å². The van der Waals surface area contributed by atoms with Crippen LogP contribution >= 0.6 is 0 Å². The zero-order chi connectivity index (χ0) is 29.1. The van der Waals surface area contributed by atoms with Gasteiger partial charge in [-0.05, 0) is 49.9 Å². The molecule has 2 saturated heterocycles. The van der Waals surface area contributed by atoms with E-state index in [1.807, 2.05) is 0 Å². The first-order chi connectivity index (χ1) is 20.6. The van der Waals surface area contributed by atoms with Crippen molar-refractivity contribution in [3.63, 3.8) is 0 Å². The van der Waals surface area contributed by atoms with Gasteiger partial charge in [-0.3, -0.25) is 9.69 Å². The third-order valence-electron chi connectivity index (χ3n) is 8.98. The van der Waals surface area contributed by atoms with Gasteiger partial charge < -0.3 is 24.3 Å². The molecule has 9 nitrogen and oxygen atoms in total. The van der Waals surface area contributed by atoms with E-state index in [1.165, 1.54) is 29.0 Å². The average molecular weight is 566 g/mol. The van der Waals surface area contributed by atoms with Crippen LogP contribution in [0.1, 0.15) is 31.0 Å². The van der Waals surface area contributed by atoms with Gasteiger partial charge in [0.2, 0.25) is 12.5 Å². The molecular formula is C33H39N7O2. The van der Waals surface area contributed by atoms with Crippen LogP contribution in [0.3, 0.4) is 0 Å². The summed E-state index contributed by atoms with van der Waals surface area (Å²) in [5.41, 5.74) is 3.33. The normalized spacial score (nSPS) is 20.8. The van der Waals surface area contributed by atoms with E-state index >= 15 is 0 Å². The number of carbonyl (C=O) groups is 1. The van der Waals surface area contributed by atoms with Crippen LogP contribution in [-0.4, -0.2) is 90.2 Å².